The average Bonchev–Trinajstić information content (AvgIpc) is 2.07. The molecule has 0 bridgehead atoms. The van der Waals surface area contributed by atoms with Crippen LogP contribution < -0.4 is 4.74 Å². The first-order valence-corrected chi connectivity index (χ1v) is 4.65. The van der Waals surface area contributed by atoms with Gasteiger partial charge in [0.15, 0.2) is 0 Å². The second-order valence-electron chi connectivity index (χ2n) is 3.53. The standard InChI is InChI=1S/C11H15FO2/c1-7(2)14-9-4-5-11(12)10(6-9)8(3)13/h4-8,13H,1-3H3. The maximum atomic E-state index is 13.1. The number of halogens is 1. The van der Waals surface area contributed by atoms with Gasteiger partial charge in [-0.15, -0.1) is 0 Å². The van der Waals surface area contributed by atoms with Crippen LogP contribution in [0.15, 0.2) is 18.2 Å². The molecule has 1 unspecified atom stereocenters. The van der Waals surface area contributed by atoms with Crippen LogP contribution in [0.25, 0.3) is 0 Å². The van der Waals surface area contributed by atoms with Crippen molar-refractivity contribution in [3.8, 4) is 5.75 Å². The van der Waals surface area contributed by atoms with Gasteiger partial charge >= 0.3 is 0 Å². The van der Waals surface area contributed by atoms with Gasteiger partial charge in [0.1, 0.15) is 11.6 Å². The van der Waals surface area contributed by atoms with Crippen molar-refractivity contribution in [1.29, 1.82) is 0 Å². The third-order valence-corrected chi connectivity index (χ3v) is 1.79. The summed E-state index contributed by atoms with van der Waals surface area (Å²) < 4.78 is 18.5. The molecule has 0 spiro atoms. The molecule has 1 aromatic rings. The Kier molecular flexibility index (Phi) is 3.47. The van der Waals surface area contributed by atoms with Crippen molar-refractivity contribution < 1.29 is 14.2 Å². The Labute approximate surface area is 83.3 Å². The number of aliphatic hydroxyl groups excluding tert-OH is 1. The summed E-state index contributed by atoms with van der Waals surface area (Å²) in [5, 5.41) is 9.27. The summed E-state index contributed by atoms with van der Waals surface area (Å²) >= 11 is 0. The number of ether oxygens (including phenoxy) is 1. The molecule has 0 aliphatic heterocycles. The highest BCUT2D eigenvalue weighted by Crippen LogP contribution is 2.22. The summed E-state index contributed by atoms with van der Waals surface area (Å²) in [5.41, 5.74) is 0.267. The van der Waals surface area contributed by atoms with Crippen molar-refractivity contribution in [2.75, 3.05) is 0 Å². The van der Waals surface area contributed by atoms with E-state index in [9.17, 15) is 9.50 Å². The van der Waals surface area contributed by atoms with Crippen LogP contribution in [0.2, 0.25) is 0 Å². The monoisotopic (exact) mass is 198 g/mol. The third-order valence-electron chi connectivity index (χ3n) is 1.79. The van der Waals surface area contributed by atoms with Crippen molar-refractivity contribution in [3.63, 3.8) is 0 Å². The van der Waals surface area contributed by atoms with Crippen LogP contribution >= 0.6 is 0 Å². The van der Waals surface area contributed by atoms with Crippen LogP contribution in [-0.4, -0.2) is 11.2 Å². The second-order valence-corrected chi connectivity index (χ2v) is 3.53. The van der Waals surface area contributed by atoms with Crippen LogP contribution in [0.4, 0.5) is 4.39 Å². The molecule has 3 heteroatoms. The first-order chi connectivity index (χ1) is 6.50. The van der Waals surface area contributed by atoms with E-state index in [1.54, 1.807) is 6.07 Å². The maximum absolute atomic E-state index is 13.1. The van der Waals surface area contributed by atoms with Gasteiger partial charge in [-0.1, -0.05) is 0 Å². The third kappa shape index (κ3) is 2.70. The van der Waals surface area contributed by atoms with E-state index in [0.717, 1.165) is 0 Å². The molecule has 0 fully saturated rings. The summed E-state index contributed by atoms with van der Waals surface area (Å²) in [7, 11) is 0. The normalized spacial score (nSPS) is 13.0. The Morgan fingerprint density at radius 2 is 1.93 bits per heavy atom. The maximum Gasteiger partial charge on any atom is 0.129 e. The minimum Gasteiger partial charge on any atom is -0.491 e. The predicted molar refractivity (Wildman–Crippen MR) is 52.8 cm³/mol. The fraction of sp³-hybridized carbons (Fsp3) is 0.455. The van der Waals surface area contributed by atoms with E-state index in [4.69, 9.17) is 4.74 Å². The van der Waals surface area contributed by atoms with Gasteiger partial charge in [-0.05, 0) is 39.0 Å². The van der Waals surface area contributed by atoms with Crippen molar-refractivity contribution in [2.45, 2.75) is 33.0 Å². The van der Waals surface area contributed by atoms with Crippen molar-refractivity contribution in [2.24, 2.45) is 0 Å². The number of rotatable bonds is 3. The van der Waals surface area contributed by atoms with E-state index < -0.39 is 11.9 Å². The molecule has 0 aliphatic rings. The van der Waals surface area contributed by atoms with Crippen molar-refractivity contribution >= 4 is 0 Å². The van der Waals surface area contributed by atoms with Gasteiger partial charge in [-0.25, -0.2) is 4.39 Å². The molecule has 0 heterocycles. The summed E-state index contributed by atoms with van der Waals surface area (Å²) in [6, 6.07) is 4.39. The lowest BCUT2D eigenvalue weighted by molar-refractivity contribution is 0.192. The van der Waals surface area contributed by atoms with Crippen LogP contribution in [-0.2, 0) is 0 Å². The highest BCUT2D eigenvalue weighted by Gasteiger charge is 2.09. The largest absolute Gasteiger partial charge is 0.491 e. The highest BCUT2D eigenvalue weighted by atomic mass is 19.1. The Morgan fingerprint density at radius 3 is 2.43 bits per heavy atom. The summed E-state index contributed by atoms with van der Waals surface area (Å²) in [6.07, 6.45) is -0.770. The van der Waals surface area contributed by atoms with Crippen molar-refractivity contribution in [1.82, 2.24) is 0 Å². The van der Waals surface area contributed by atoms with Crippen LogP contribution in [0.3, 0.4) is 0 Å². The summed E-state index contributed by atoms with van der Waals surface area (Å²) in [4.78, 5) is 0. The molecule has 1 atom stereocenters. The lowest BCUT2D eigenvalue weighted by Gasteiger charge is -2.12. The SMILES string of the molecule is CC(C)Oc1ccc(F)c(C(C)O)c1. The van der Waals surface area contributed by atoms with Gasteiger partial charge in [0, 0.05) is 5.56 Å². The van der Waals surface area contributed by atoms with Gasteiger partial charge < -0.3 is 9.84 Å². The molecule has 0 aromatic heterocycles. The molecular weight excluding hydrogens is 183 g/mol. The number of hydrogen-bond donors (Lipinski definition) is 1. The minimum atomic E-state index is -0.814. The topological polar surface area (TPSA) is 29.5 Å². The molecule has 0 saturated carbocycles. The number of aliphatic hydroxyl groups is 1. The molecular formula is C11H15FO2. The molecule has 1 rings (SSSR count). The van der Waals surface area contributed by atoms with E-state index in [-0.39, 0.29) is 11.7 Å². The molecule has 0 amide bonds. The van der Waals surface area contributed by atoms with E-state index in [1.165, 1.54) is 19.1 Å². The molecule has 0 radical (unpaired) electrons. The molecule has 2 nitrogen and oxygen atoms in total. The van der Waals surface area contributed by atoms with Crippen molar-refractivity contribution in [3.05, 3.63) is 29.6 Å². The zero-order valence-corrected chi connectivity index (χ0v) is 8.62. The highest BCUT2D eigenvalue weighted by molar-refractivity contribution is 5.31. The molecule has 1 aromatic carbocycles. The predicted octanol–water partition coefficient (Wildman–Crippen LogP) is 2.67. The van der Waals surface area contributed by atoms with E-state index in [2.05, 4.69) is 0 Å². The Balaban J connectivity index is 2.94. The van der Waals surface area contributed by atoms with Gasteiger partial charge in [0.2, 0.25) is 0 Å². The molecule has 0 aliphatic carbocycles. The van der Waals surface area contributed by atoms with Crippen LogP contribution in [0.5, 0.6) is 5.75 Å². The van der Waals surface area contributed by atoms with E-state index in [0.29, 0.717) is 5.75 Å². The molecule has 78 valence electrons. The smallest absolute Gasteiger partial charge is 0.129 e. The fourth-order valence-electron chi connectivity index (χ4n) is 1.19. The Morgan fingerprint density at radius 1 is 1.29 bits per heavy atom. The summed E-state index contributed by atoms with van der Waals surface area (Å²) in [5.74, 6) is 0.174. The fourth-order valence-corrected chi connectivity index (χ4v) is 1.19. The lowest BCUT2D eigenvalue weighted by Crippen LogP contribution is -2.06. The van der Waals surface area contributed by atoms with E-state index in [1.807, 2.05) is 13.8 Å². The van der Waals surface area contributed by atoms with Crippen LogP contribution in [0, 0.1) is 5.82 Å². The molecule has 14 heavy (non-hydrogen) atoms. The summed E-state index contributed by atoms with van der Waals surface area (Å²) in [6.45, 7) is 5.31. The zero-order chi connectivity index (χ0) is 10.7. The quantitative estimate of drug-likeness (QED) is 0.809. The van der Waals surface area contributed by atoms with E-state index >= 15 is 0 Å². The number of benzene rings is 1. The first kappa shape index (κ1) is 11.0. The van der Waals surface area contributed by atoms with Gasteiger partial charge in [-0.3, -0.25) is 0 Å². The van der Waals surface area contributed by atoms with Gasteiger partial charge in [0.05, 0.1) is 12.2 Å². The molecule has 1 N–H and O–H groups in total. The molecule has 0 saturated heterocycles. The average molecular weight is 198 g/mol. The van der Waals surface area contributed by atoms with Gasteiger partial charge in [0.25, 0.3) is 0 Å². The van der Waals surface area contributed by atoms with Crippen LogP contribution in [0.1, 0.15) is 32.4 Å². The minimum absolute atomic E-state index is 0.0438. The second kappa shape index (κ2) is 4.42. The Hall–Kier alpha value is -1.09. The number of hydrogen-bond acceptors (Lipinski definition) is 2. The first-order valence-electron chi connectivity index (χ1n) is 4.65. The lowest BCUT2D eigenvalue weighted by atomic mass is 10.1. The van der Waals surface area contributed by atoms with Gasteiger partial charge in [-0.2, -0.15) is 0 Å². The Bertz CT molecular complexity index is 308. The zero-order valence-electron chi connectivity index (χ0n) is 8.62.